The fourth-order valence-corrected chi connectivity index (χ4v) is 2.70. The first-order valence-electron chi connectivity index (χ1n) is 7.78. The standard InChI is InChI=1S/C17H27BrO3/c1-3-4-5-6-7-8-16(19)14-9-10-17(15(18)13-14)21-12-11-20-2/h9-10,13,16,19H,3-8,11-12H2,1-2H3. The second kappa shape index (κ2) is 11.0. The molecular weight excluding hydrogens is 332 g/mol. The molecule has 1 atom stereocenters. The largest absolute Gasteiger partial charge is 0.490 e. The van der Waals surface area contributed by atoms with Gasteiger partial charge < -0.3 is 14.6 Å². The lowest BCUT2D eigenvalue weighted by atomic mass is 10.0. The van der Waals surface area contributed by atoms with Gasteiger partial charge in [-0.05, 0) is 40.0 Å². The van der Waals surface area contributed by atoms with Gasteiger partial charge in [0.25, 0.3) is 0 Å². The molecule has 1 aromatic rings. The molecule has 120 valence electrons. The van der Waals surface area contributed by atoms with Gasteiger partial charge in [0, 0.05) is 7.11 Å². The minimum Gasteiger partial charge on any atom is -0.490 e. The summed E-state index contributed by atoms with van der Waals surface area (Å²) in [6, 6.07) is 5.78. The highest BCUT2D eigenvalue weighted by atomic mass is 79.9. The SMILES string of the molecule is CCCCCCCC(O)c1ccc(OCCOC)c(Br)c1. The number of rotatable bonds is 11. The quantitative estimate of drug-likeness (QED) is 0.573. The van der Waals surface area contributed by atoms with Crippen LogP contribution in [-0.2, 0) is 4.74 Å². The molecule has 0 aliphatic rings. The van der Waals surface area contributed by atoms with E-state index in [0.717, 1.165) is 28.6 Å². The van der Waals surface area contributed by atoms with E-state index in [1.54, 1.807) is 7.11 Å². The second-order valence-corrected chi connectivity index (χ2v) is 6.10. The molecule has 0 saturated carbocycles. The average Bonchev–Trinajstić information content (AvgIpc) is 2.48. The molecule has 0 aromatic heterocycles. The zero-order valence-electron chi connectivity index (χ0n) is 13.1. The summed E-state index contributed by atoms with van der Waals surface area (Å²) in [4.78, 5) is 0. The highest BCUT2D eigenvalue weighted by Crippen LogP contribution is 2.30. The number of aliphatic hydroxyl groups is 1. The first-order valence-corrected chi connectivity index (χ1v) is 8.57. The van der Waals surface area contributed by atoms with Gasteiger partial charge in [-0.1, -0.05) is 45.1 Å². The summed E-state index contributed by atoms with van der Waals surface area (Å²) in [6.07, 6.45) is 6.50. The van der Waals surface area contributed by atoms with Gasteiger partial charge in [-0.25, -0.2) is 0 Å². The van der Waals surface area contributed by atoms with Crippen LogP contribution in [0.15, 0.2) is 22.7 Å². The summed E-state index contributed by atoms with van der Waals surface area (Å²) in [5, 5.41) is 10.2. The third-order valence-electron chi connectivity index (χ3n) is 3.47. The van der Waals surface area contributed by atoms with Gasteiger partial charge in [0.15, 0.2) is 0 Å². The van der Waals surface area contributed by atoms with E-state index in [1.807, 2.05) is 18.2 Å². The smallest absolute Gasteiger partial charge is 0.133 e. The maximum Gasteiger partial charge on any atom is 0.133 e. The van der Waals surface area contributed by atoms with E-state index in [-0.39, 0.29) is 0 Å². The molecule has 0 radical (unpaired) electrons. The summed E-state index contributed by atoms with van der Waals surface area (Å²) in [5.74, 6) is 0.783. The van der Waals surface area contributed by atoms with Gasteiger partial charge in [-0.3, -0.25) is 0 Å². The number of benzene rings is 1. The number of unbranched alkanes of at least 4 members (excludes halogenated alkanes) is 4. The third-order valence-corrected chi connectivity index (χ3v) is 4.09. The zero-order valence-corrected chi connectivity index (χ0v) is 14.7. The lowest BCUT2D eigenvalue weighted by Crippen LogP contribution is -2.05. The van der Waals surface area contributed by atoms with Crippen LogP contribution < -0.4 is 4.74 Å². The highest BCUT2D eigenvalue weighted by molar-refractivity contribution is 9.10. The second-order valence-electron chi connectivity index (χ2n) is 5.25. The van der Waals surface area contributed by atoms with Crippen molar-refractivity contribution in [1.82, 2.24) is 0 Å². The number of halogens is 1. The molecule has 21 heavy (non-hydrogen) atoms. The Balaban J connectivity index is 2.42. The van der Waals surface area contributed by atoms with E-state index in [4.69, 9.17) is 9.47 Å². The van der Waals surface area contributed by atoms with Gasteiger partial charge >= 0.3 is 0 Å². The Labute approximate surface area is 136 Å². The molecule has 0 heterocycles. The van der Waals surface area contributed by atoms with Crippen molar-refractivity contribution in [3.8, 4) is 5.75 Å². The Morgan fingerprint density at radius 2 is 1.90 bits per heavy atom. The summed E-state index contributed by atoms with van der Waals surface area (Å²) in [5.41, 5.74) is 0.941. The average molecular weight is 359 g/mol. The molecule has 1 N–H and O–H groups in total. The van der Waals surface area contributed by atoms with Crippen molar-refractivity contribution in [2.45, 2.75) is 51.6 Å². The van der Waals surface area contributed by atoms with Crippen molar-refractivity contribution in [3.63, 3.8) is 0 Å². The van der Waals surface area contributed by atoms with E-state index >= 15 is 0 Å². The van der Waals surface area contributed by atoms with Crippen LogP contribution >= 0.6 is 15.9 Å². The fraction of sp³-hybridized carbons (Fsp3) is 0.647. The van der Waals surface area contributed by atoms with Crippen LogP contribution in [0.25, 0.3) is 0 Å². The van der Waals surface area contributed by atoms with Gasteiger partial charge in [0.05, 0.1) is 17.2 Å². The number of hydrogen-bond donors (Lipinski definition) is 1. The molecule has 0 bridgehead atoms. The van der Waals surface area contributed by atoms with Crippen molar-refractivity contribution in [3.05, 3.63) is 28.2 Å². The number of aliphatic hydroxyl groups excluding tert-OH is 1. The predicted octanol–water partition coefficient (Wildman–Crippen LogP) is 4.87. The summed E-state index contributed by atoms with van der Waals surface area (Å²) < 4.78 is 11.4. The lowest BCUT2D eigenvalue weighted by molar-refractivity contribution is 0.145. The molecule has 0 amide bonds. The van der Waals surface area contributed by atoms with Crippen molar-refractivity contribution in [2.24, 2.45) is 0 Å². The van der Waals surface area contributed by atoms with Crippen LogP contribution in [0.2, 0.25) is 0 Å². The van der Waals surface area contributed by atoms with E-state index in [0.29, 0.717) is 13.2 Å². The van der Waals surface area contributed by atoms with Crippen LogP contribution in [0, 0.1) is 0 Å². The number of methoxy groups -OCH3 is 1. The summed E-state index contributed by atoms with van der Waals surface area (Å²) >= 11 is 3.49. The monoisotopic (exact) mass is 358 g/mol. The number of hydrogen-bond acceptors (Lipinski definition) is 3. The molecule has 0 aliphatic heterocycles. The number of ether oxygens (including phenoxy) is 2. The molecule has 4 heteroatoms. The molecule has 0 saturated heterocycles. The Kier molecular flexibility index (Phi) is 9.72. The maximum absolute atomic E-state index is 10.2. The fourth-order valence-electron chi connectivity index (χ4n) is 2.18. The van der Waals surface area contributed by atoms with Crippen LogP contribution in [0.3, 0.4) is 0 Å². The molecule has 0 aliphatic carbocycles. The van der Waals surface area contributed by atoms with Gasteiger partial charge in [0.1, 0.15) is 12.4 Å². The highest BCUT2D eigenvalue weighted by Gasteiger charge is 2.10. The Bertz CT molecular complexity index is 396. The molecule has 0 fully saturated rings. The maximum atomic E-state index is 10.2. The van der Waals surface area contributed by atoms with Crippen LogP contribution in [0.4, 0.5) is 0 Å². The Hall–Kier alpha value is -0.580. The molecule has 0 spiro atoms. The van der Waals surface area contributed by atoms with E-state index < -0.39 is 6.10 Å². The Morgan fingerprint density at radius 3 is 2.57 bits per heavy atom. The topological polar surface area (TPSA) is 38.7 Å². The minimum absolute atomic E-state index is 0.393. The van der Waals surface area contributed by atoms with Gasteiger partial charge in [-0.2, -0.15) is 0 Å². The minimum atomic E-state index is -0.393. The van der Waals surface area contributed by atoms with Crippen molar-refractivity contribution in [2.75, 3.05) is 20.3 Å². The van der Waals surface area contributed by atoms with Crippen LogP contribution in [0.5, 0.6) is 5.75 Å². The first-order chi connectivity index (χ1) is 10.2. The molecule has 1 unspecified atom stereocenters. The molecule has 1 aromatic carbocycles. The van der Waals surface area contributed by atoms with E-state index in [2.05, 4.69) is 22.9 Å². The van der Waals surface area contributed by atoms with Gasteiger partial charge in [-0.15, -0.1) is 0 Å². The van der Waals surface area contributed by atoms with Crippen molar-refractivity contribution in [1.29, 1.82) is 0 Å². The van der Waals surface area contributed by atoms with Crippen molar-refractivity contribution < 1.29 is 14.6 Å². The lowest BCUT2D eigenvalue weighted by Gasteiger charge is -2.13. The molecule has 3 nitrogen and oxygen atoms in total. The van der Waals surface area contributed by atoms with Crippen LogP contribution in [-0.4, -0.2) is 25.4 Å². The molecular formula is C17H27BrO3. The third kappa shape index (κ3) is 7.30. The van der Waals surface area contributed by atoms with E-state index in [9.17, 15) is 5.11 Å². The van der Waals surface area contributed by atoms with Crippen LogP contribution in [0.1, 0.15) is 57.1 Å². The normalized spacial score (nSPS) is 12.4. The molecule has 1 rings (SSSR count). The summed E-state index contributed by atoms with van der Waals surface area (Å²) in [6.45, 7) is 3.30. The Morgan fingerprint density at radius 1 is 1.14 bits per heavy atom. The zero-order chi connectivity index (χ0) is 15.5. The summed E-state index contributed by atoms with van der Waals surface area (Å²) in [7, 11) is 1.65. The predicted molar refractivity (Wildman–Crippen MR) is 89.8 cm³/mol. The van der Waals surface area contributed by atoms with Gasteiger partial charge in [0.2, 0.25) is 0 Å². The van der Waals surface area contributed by atoms with E-state index in [1.165, 1.54) is 25.7 Å². The van der Waals surface area contributed by atoms with Crippen molar-refractivity contribution >= 4 is 15.9 Å². The first kappa shape index (κ1) is 18.5.